The van der Waals surface area contributed by atoms with E-state index in [-0.39, 0.29) is 24.4 Å². The number of benzene rings is 1. The molecule has 1 fully saturated rings. The topological polar surface area (TPSA) is 62.6 Å². The van der Waals surface area contributed by atoms with Gasteiger partial charge in [-0.15, -0.1) is 11.6 Å². The minimum atomic E-state index is -0.921. The highest BCUT2D eigenvalue weighted by molar-refractivity contribution is 6.27. The molecule has 0 saturated heterocycles. The summed E-state index contributed by atoms with van der Waals surface area (Å²) in [6, 6.07) is 8.25. The first-order valence-corrected chi connectivity index (χ1v) is 10.6. The van der Waals surface area contributed by atoms with Gasteiger partial charge in [0.1, 0.15) is 23.5 Å². The summed E-state index contributed by atoms with van der Waals surface area (Å²) in [6.07, 6.45) is 7.84. The molecule has 29 heavy (non-hydrogen) atoms. The second-order valence-corrected chi connectivity index (χ2v) is 7.65. The van der Waals surface area contributed by atoms with E-state index in [4.69, 9.17) is 16.0 Å². The van der Waals surface area contributed by atoms with E-state index < -0.39 is 17.8 Å². The van der Waals surface area contributed by atoms with Gasteiger partial charge >= 0.3 is 0 Å². The Morgan fingerprint density at radius 1 is 1.14 bits per heavy atom. The summed E-state index contributed by atoms with van der Waals surface area (Å²) < 4.78 is 18.9. The number of furan rings is 1. The average molecular weight is 421 g/mol. The Bertz CT molecular complexity index is 787. The quantitative estimate of drug-likeness (QED) is 0.527. The summed E-state index contributed by atoms with van der Waals surface area (Å²) in [5, 5.41) is 3.11. The van der Waals surface area contributed by atoms with E-state index in [1.807, 2.05) is 0 Å². The molecule has 1 aliphatic rings. The van der Waals surface area contributed by atoms with Crippen molar-refractivity contribution >= 4 is 23.4 Å². The molecule has 0 bridgehead atoms. The van der Waals surface area contributed by atoms with Gasteiger partial charge in [-0.25, -0.2) is 4.39 Å². The van der Waals surface area contributed by atoms with Crippen LogP contribution in [0.25, 0.3) is 0 Å². The number of hydrogen-bond donors (Lipinski definition) is 1. The van der Waals surface area contributed by atoms with Crippen LogP contribution in [0.4, 0.5) is 4.39 Å². The summed E-state index contributed by atoms with van der Waals surface area (Å²) in [5.74, 6) is -0.813. The van der Waals surface area contributed by atoms with Crippen molar-refractivity contribution in [3.8, 4) is 0 Å². The van der Waals surface area contributed by atoms with Crippen LogP contribution in [-0.4, -0.2) is 28.6 Å². The molecular weight excluding hydrogens is 395 g/mol. The first-order chi connectivity index (χ1) is 14.1. The van der Waals surface area contributed by atoms with Gasteiger partial charge in [0, 0.05) is 6.04 Å². The molecule has 1 N–H and O–H groups in total. The predicted molar refractivity (Wildman–Crippen MR) is 109 cm³/mol. The van der Waals surface area contributed by atoms with E-state index >= 15 is 0 Å². The van der Waals surface area contributed by atoms with Crippen molar-refractivity contribution in [3.63, 3.8) is 0 Å². The number of nitrogens with one attached hydrogen (secondary N) is 1. The van der Waals surface area contributed by atoms with E-state index in [0.29, 0.717) is 11.3 Å². The van der Waals surface area contributed by atoms with Crippen LogP contribution in [0.15, 0.2) is 47.1 Å². The molecule has 3 rings (SSSR count). The highest BCUT2D eigenvalue weighted by Gasteiger charge is 2.33. The van der Waals surface area contributed by atoms with Crippen molar-refractivity contribution in [1.82, 2.24) is 10.2 Å². The fourth-order valence-corrected chi connectivity index (χ4v) is 3.95. The fraction of sp³-hybridized carbons (Fsp3) is 0.455. The molecule has 0 unspecified atom stereocenters. The molecule has 7 heteroatoms. The van der Waals surface area contributed by atoms with E-state index in [2.05, 4.69) is 5.32 Å². The summed E-state index contributed by atoms with van der Waals surface area (Å²) >= 11 is 5.85. The predicted octanol–water partition coefficient (Wildman–Crippen LogP) is 4.57. The van der Waals surface area contributed by atoms with Crippen molar-refractivity contribution in [2.24, 2.45) is 0 Å². The van der Waals surface area contributed by atoms with Crippen molar-refractivity contribution in [1.29, 1.82) is 0 Å². The van der Waals surface area contributed by atoms with Gasteiger partial charge in [0.05, 0.1) is 12.8 Å². The van der Waals surface area contributed by atoms with Crippen molar-refractivity contribution in [3.05, 3.63) is 59.8 Å². The van der Waals surface area contributed by atoms with E-state index in [9.17, 15) is 14.0 Å². The number of amides is 2. The molecule has 1 heterocycles. The van der Waals surface area contributed by atoms with Gasteiger partial charge in [-0.2, -0.15) is 0 Å². The zero-order valence-corrected chi connectivity index (χ0v) is 17.0. The first kappa shape index (κ1) is 21.4. The molecule has 1 aromatic heterocycles. The molecule has 1 atom stereocenters. The second kappa shape index (κ2) is 10.4. The largest absolute Gasteiger partial charge is 0.467 e. The van der Waals surface area contributed by atoms with Crippen molar-refractivity contribution in [2.75, 3.05) is 5.88 Å². The average Bonchev–Trinajstić information content (AvgIpc) is 3.11. The van der Waals surface area contributed by atoms with Gasteiger partial charge < -0.3 is 14.6 Å². The number of hydrogen-bond acceptors (Lipinski definition) is 3. The van der Waals surface area contributed by atoms with Gasteiger partial charge in [0.15, 0.2) is 0 Å². The van der Waals surface area contributed by atoms with Crippen LogP contribution in [-0.2, 0) is 16.1 Å². The number of carbonyl (C=O) groups excluding carboxylic acids is 2. The molecule has 0 radical (unpaired) electrons. The third-order valence-corrected chi connectivity index (χ3v) is 5.52. The summed E-state index contributed by atoms with van der Waals surface area (Å²) in [5.41, 5.74) is 0.530. The fourth-order valence-electron chi connectivity index (χ4n) is 3.79. The maximum absolute atomic E-state index is 13.5. The lowest BCUT2D eigenvalue weighted by atomic mass is 10.0. The number of alkyl halides is 1. The van der Waals surface area contributed by atoms with Gasteiger partial charge in [0.2, 0.25) is 11.8 Å². The van der Waals surface area contributed by atoms with E-state index in [1.165, 1.54) is 48.3 Å². The zero-order chi connectivity index (χ0) is 20.6. The molecular formula is C22H26ClFN2O3. The number of rotatable bonds is 7. The number of nitrogens with zero attached hydrogens (tertiary/aromatic N) is 1. The molecule has 156 valence electrons. The SMILES string of the molecule is O=C(NC1CCCCCC1)[C@@H](c1ccc(F)cc1)N(Cc1ccco1)C(=O)CCl. The Hall–Kier alpha value is -2.34. The summed E-state index contributed by atoms with van der Waals surface area (Å²) in [7, 11) is 0. The maximum atomic E-state index is 13.5. The third-order valence-electron chi connectivity index (χ3n) is 5.29. The Morgan fingerprint density at radius 3 is 2.41 bits per heavy atom. The normalized spacial score (nSPS) is 16.1. The smallest absolute Gasteiger partial charge is 0.247 e. The highest BCUT2D eigenvalue weighted by Crippen LogP contribution is 2.26. The monoisotopic (exact) mass is 420 g/mol. The molecule has 1 aliphatic carbocycles. The first-order valence-electron chi connectivity index (χ1n) is 10.0. The molecule has 2 amide bonds. The van der Waals surface area contributed by atoms with Gasteiger partial charge in [-0.05, 0) is 42.7 Å². The Kier molecular flexibility index (Phi) is 7.69. The van der Waals surface area contributed by atoms with Crippen LogP contribution in [0.2, 0.25) is 0 Å². The Balaban J connectivity index is 1.90. The van der Waals surface area contributed by atoms with Crippen LogP contribution in [0.1, 0.15) is 55.9 Å². The maximum Gasteiger partial charge on any atom is 0.247 e. The molecule has 2 aromatic rings. The summed E-state index contributed by atoms with van der Waals surface area (Å²) in [6.45, 7) is 0.0959. The number of carbonyl (C=O) groups is 2. The second-order valence-electron chi connectivity index (χ2n) is 7.39. The lowest BCUT2D eigenvalue weighted by molar-refractivity contribution is -0.140. The van der Waals surface area contributed by atoms with Gasteiger partial charge in [0.25, 0.3) is 0 Å². The summed E-state index contributed by atoms with van der Waals surface area (Å²) in [4.78, 5) is 27.4. The molecule has 0 spiro atoms. The highest BCUT2D eigenvalue weighted by atomic mass is 35.5. The minimum Gasteiger partial charge on any atom is -0.467 e. The minimum absolute atomic E-state index is 0.0736. The van der Waals surface area contributed by atoms with E-state index in [0.717, 1.165) is 25.7 Å². The lowest BCUT2D eigenvalue weighted by Gasteiger charge is -2.31. The van der Waals surface area contributed by atoms with Crippen LogP contribution < -0.4 is 5.32 Å². The van der Waals surface area contributed by atoms with Crippen LogP contribution in [0.5, 0.6) is 0 Å². The van der Waals surface area contributed by atoms with Crippen LogP contribution in [0, 0.1) is 5.82 Å². The van der Waals surface area contributed by atoms with Crippen LogP contribution in [0.3, 0.4) is 0 Å². The van der Waals surface area contributed by atoms with E-state index in [1.54, 1.807) is 12.1 Å². The Morgan fingerprint density at radius 2 is 1.83 bits per heavy atom. The van der Waals surface area contributed by atoms with Gasteiger partial charge in [-0.3, -0.25) is 9.59 Å². The van der Waals surface area contributed by atoms with Gasteiger partial charge in [-0.1, -0.05) is 37.8 Å². The lowest BCUT2D eigenvalue weighted by Crippen LogP contribution is -2.46. The third kappa shape index (κ3) is 5.82. The molecule has 1 aromatic carbocycles. The standard InChI is InChI=1S/C22H26ClFN2O3/c23-14-20(27)26(15-19-8-5-13-29-19)21(16-9-11-17(24)12-10-16)22(28)25-18-6-3-1-2-4-7-18/h5,8-13,18,21H,1-4,6-7,14-15H2,(H,25,28)/t21-/m1/s1. The molecule has 1 saturated carbocycles. The number of halogens is 2. The zero-order valence-electron chi connectivity index (χ0n) is 16.3. The molecule has 0 aliphatic heterocycles. The Labute approximate surface area is 175 Å². The van der Waals surface area contributed by atoms with Crippen molar-refractivity contribution in [2.45, 2.75) is 57.2 Å². The van der Waals surface area contributed by atoms with Crippen molar-refractivity contribution < 1.29 is 18.4 Å². The van der Waals surface area contributed by atoms with Crippen LogP contribution >= 0.6 is 11.6 Å². The molecule has 5 nitrogen and oxygen atoms in total.